The zero-order valence-corrected chi connectivity index (χ0v) is 11.4. The SMILES string of the molecule is CC(C)(C)Cc1cccc(F)c1Nc1ncccn1. The molecular formula is C15H18FN3. The van der Waals surface area contributed by atoms with Gasteiger partial charge in [-0.1, -0.05) is 32.9 Å². The van der Waals surface area contributed by atoms with E-state index in [4.69, 9.17) is 0 Å². The molecule has 0 aliphatic carbocycles. The van der Waals surface area contributed by atoms with Crippen LogP contribution in [0.5, 0.6) is 0 Å². The number of benzene rings is 1. The quantitative estimate of drug-likeness (QED) is 0.907. The fourth-order valence-electron chi connectivity index (χ4n) is 1.90. The van der Waals surface area contributed by atoms with Gasteiger partial charge in [-0.15, -0.1) is 0 Å². The lowest BCUT2D eigenvalue weighted by Crippen LogP contribution is -2.12. The van der Waals surface area contributed by atoms with Crippen molar-refractivity contribution in [2.45, 2.75) is 27.2 Å². The molecule has 0 amide bonds. The van der Waals surface area contributed by atoms with E-state index in [1.165, 1.54) is 6.07 Å². The van der Waals surface area contributed by atoms with Crippen molar-refractivity contribution in [2.75, 3.05) is 5.32 Å². The first-order valence-corrected chi connectivity index (χ1v) is 6.27. The minimum atomic E-state index is -0.283. The minimum Gasteiger partial charge on any atom is -0.321 e. The topological polar surface area (TPSA) is 37.8 Å². The minimum absolute atomic E-state index is 0.0851. The Morgan fingerprint density at radius 2 is 1.79 bits per heavy atom. The van der Waals surface area contributed by atoms with Crippen molar-refractivity contribution in [1.29, 1.82) is 0 Å². The zero-order valence-electron chi connectivity index (χ0n) is 11.4. The first kappa shape index (κ1) is 13.5. The average molecular weight is 259 g/mol. The van der Waals surface area contributed by atoms with Crippen LogP contribution in [0.3, 0.4) is 0 Å². The van der Waals surface area contributed by atoms with Gasteiger partial charge in [0.1, 0.15) is 5.82 Å². The van der Waals surface area contributed by atoms with E-state index in [0.717, 1.165) is 12.0 Å². The molecule has 0 aliphatic rings. The Kier molecular flexibility index (Phi) is 3.79. The normalized spacial score (nSPS) is 11.4. The number of para-hydroxylation sites is 1. The number of aromatic nitrogens is 2. The summed E-state index contributed by atoms with van der Waals surface area (Å²) in [7, 11) is 0. The summed E-state index contributed by atoms with van der Waals surface area (Å²) in [5.74, 6) is 0.122. The highest BCUT2D eigenvalue weighted by molar-refractivity contribution is 5.59. The summed E-state index contributed by atoms with van der Waals surface area (Å²) >= 11 is 0. The van der Waals surface area contributed by atoms with Gasteiger partial charge in [0.25, 0.3) is 0 Å². The maximum absolute atomic E-state index is 14.0. The Bertz CT molecular complexity index is 547. The molecule has 1 aromatic carbocycles. The molecule has 0 radical (unpaired) electrons. The molecule has 2 aromatic rings. The van der Waals surface area contributed by atoms with E-state index in [2.05, 4.69) is 36.1 Å². The van der Waals surface area contributed by atoms with E-state index in [9.17, 15) is 4.39 Å². The van der Waals surface area contributed by atoms with Gasteiger partial charge in [-0.3, -0.25) is 0 Å². The Hall–Kier alpha value is -1.97. The van der Waals surface area contributed by atoms with E-state index in [1.54, 1.807) is 24.5 Å². The van der Waals surface area contributed by atoms with E-state index in [-0.39, 0.29) is 11.2 Å². The molecule has 1 N–H and O–H groups in total. The molecule has 0 spiro atoms. The Balaban J connectivity index is 2.33. The molecule has 0 aliphatic heterocycles. The van der Waals surface area contributed by atoms with Crippen molar-refractivity contribution < 1.29 is 4.39 Å². The number of halogens is 1. The molecule has 3 nitrogen and oxygen atoms in total. The Morgan fingerprint density at radius 3 is 2.42 bits per heavy atom. The van der Waals surface area contributed by atoms with Crippen molar-refractivity contribution in [3.05, 3.63) is 48.0 Å². The van der Waals surface area contributed by atoms with Crippen LogP contribution in [0.2, 0.25) is 0 Å². The van der Waals surface area contributed by atoms with Gasteiger partial charge in [0.2, 0.25) is 5.95 Å². The van der Waals surface area contributed by atoms with Crippen LogP contribution >= 0.6 is 0 Å². The number of rotatable bonds is 3. The predicted octanol–water partition coefficient (Wildman–Crippen LogP) is 3.95. The summed E-state index contributed by atoms with van der Waals surface area (Å²) in [6, 6.07) is 6.83. The Labute approximate surface area is 112 Å². The first-order chi connectivity index (χ1) is 8.96. The lowest BCUT2D eigenvalue weighted by molar-refractivity contribution is 0.411. The number of nitrogens with one attached hydrogen (secondary N) is 1. The molecule has 0 bridgehead atoms. The van der Waals surface area contributed by atoms with Crippen molar-refractivity contribution in [3.8, 4) is 0 Å². The third-order valence-corrected chi connectivity index (χ3v) is 2.62. The third kappa shape index (κ3) is 3.74. The van der Waals surface area contributed by atoms with Gasteiger partial charge in [-0.2, -0.15) is 0 Å². The van der Waals surface area contributed by atoms with Gasteiger partial charge in [0.15, 0.2) is 0 Å². The molecule has 0 fully saturated rings. The van der Waals surface area contributed by atoms with Gasteiger partial charge in [0.05, 0.1) is 5.69 Å². The molecule has 0 saturated carbocycles. The molecule has 1 aromatic heterocycles. The van der Waals surface area contributed by atoms with Gasteiger partial charge < -0.3 is 5.32 Å². The van der Waals surface area contributed by atoms with Crippen LogP contribution in [0.1, 0.15) is 26.3 Å². The van der Waals surface area contributed by atoms with Crippen LogP contribution in [0, 0.1) is 11.2 Å². The summed E-state index contributed by atoms with van der Waals surface area (Å²) in [5, 5.41) is 2.97. The first-order valence-electron chi connectivity index (χ1n) is 6.27. The number of hydrogen-bond donors (Lipinski definition) is 1. The molecular weight excluding hydrogens is 241 g/mol. The highest BCUT2D eigenvalue weighted by atomic mass is 19.1. The number of hydrogen-bond acceptors (Lipinski definition) is 3. The van der Waals surface area contributed by atoms with Gasteiger partial charge in [-0.05, 0) is 29.5 Å². The molecule has 100 valence electrons. The lowest BCUT2D eigenvalue weighted by atomic mass is 9.87. The predicted molar refractivity (Wildman–Crippen MR) is 74.9 cm³/mol. The van der Waals surface area contributed by atoms with E-state index in [0.29, 0.717) is 11.6 Å². The van der Waals surface area contributed by atoms with Crippen LogP contribution in [0.25, 0.3) is 0 Å². The van der Waals surface area contributed by atoms with E-state index < -0.39 is 0 Å². The zero-order chi connectivity index (χ0) is 13.9. The molecule has 2 rings (SSSR count). The van der Waals surface area contributed by atoms with Crippen molar-refractivity contribution in [1.82, 2.24) is 9.97 Å². The summed E-state index contributed by atoms with van der Waals surface area (Å²) < 4.78 is 14.0. The highest BCUT2D eigenvalue weighted by Crippen LogP contribution is 2.29. The fraction of sp³-hybridized carbons (Fsp3) is 0.333. The van der Waals surface area contributed by atoms with Gasteiger partial charge >= 0.3 is 0 Å². The maximum Gasteiger partial charge on any atom is 0.227 e. The largest absolute Gasteiger partial charge is 0.321 e. The van der Waals surface area contributed by atoms with Crippen LogP contribution in [-0.2, 0) is 6.42 Å². The standard InChI is InChI=1S/C15H18FN3/c1-15(2,3)10-11-6-4-7-12(16)13(11)19-14-17-8-5-9-18-14/h4-9H,10H2,1-3H3,(H,17,18,19). The lowest BCUT2D eigenvalue weighted by Gasteiger charge is -2.21. The van der Waals surface area contributed by atoms with Gasteiger partial charge in [-0.25, -0.2) is 14.4 Å². The summed E-state index contributed by atoms with van der Waals surface area (Å²) in [6.45, 7) is 6.38. The summed E-state index contributed by atoms with van der Waals surface area (Å²) in [6.07, 6.45) is 4.03. The van der Waals surface area contributed by atoms with Gasteiger partial charge in [0, 0.05) is 12.4 Å². The molecule has 1 heterocycles. The Morgan fingerprint density at radius 1 is 1.11 bits per heavy atom. The summed E-state index contributed by atoms with van der Waals surface area (Å²) in [4.78, 5) is 8.13. The second-order valence-electron chi connectivity index (χ2n) is 5.71. The number of anilines is 2. The number of nitrogens with zero attached hydrogens (tertiary/aromatic N) is 2. The second kappa shape index (κ2) is 5.34. The van der Waals surface area contributed by atoms with Crippen LogP contribution in [0.15, 0.2) is 36.7 Å². The molecule has 0 saturated heterocycles. The molecule has 4 heteroatoms. The van der Waals surface area contributed by atoms with Crippen LogP contribution in [0.4, 0.5) is 16.0 Å². The average Bonchev–Trinajstić information content (AvgIpc) is 2.33. The molecule has 0 atom stereocenters. The smallest absolute Gasteiger partial charge is 0.227 e. The monoisotopic (exact) mass is 259 g/mol. The summed E-state index contributed by atoms with van der Waals surface area (Å²) in [5.41, 5.74) is 1.48. The van der Waals surface area contributed by atoms with Crippen molar-refractivity contribution >= 4 is 11.6 Å². The molecule has 19 heavy (non-hydrogen) atoms. The maximum atomic E-state index is 14.0. The van der Waals surface area contributed by atoms with E-state index in [1.807, 2.05) is 6.07 Å². The van der Waals surface area contributed by atoms with Crippen molar-refractivity contribution in [3.63, 3.8) is 0 Å². The molecule has 0 unspecified atom stereocenters. The van der Waals surface area contributed by atoms with Crippen LogP contribution < -0.4 is 5.32 Å². The van der Waals surface area contributed by atoms with E-state index >= 15 is 0 Å². The highest BCUT2D eigenvalue weighted by Gasteiger charge is 2.16. The van der Waals surface area contributed by atoms with Crippen LogP contribution in [-0.4, -0.2) is 9.97 Å². The second-order valence-corrected chi connectivity index (χ2v) is 5.71. The third-order valence-electron chi connectivity index (χ3n) is 2.62. The van der Waals surface area contributed by atoms with Crippen molar-refractivity contribution in [2.24, 2.45) is 5.41 Å². The fourth-order valence-corrected chi connectivity index (χ4v) is 1.90.